The summed E-state index contributed by atoms with van der Waals surface area (Å²) in [7, 11) is 0. The van der Waals surface area contributed by atoms with E-state index in [4.69, 9.17) is 0 Å². The van der Waals surface area contributed by atoms with E-state index in [1.165, 1.54) is 23.1 Å². The number of aromatic nitrogens is 3. The molecule has 116 valence electrons. The fraction of sp³-hybridized carbons (Fsp3) is 0.429. The van der Waals surface area contributed by atoms with E-state index >= 15 is 0 Å². The van der Waals surface area contributed by atoms with Gasteiger partial charge in [-0.1, -0.05) is 18.7 Å². The van der Waals surface area contributed by atoms with Crippen molar-refractivity contribution in [1.29, 1.82) is 0 Å². The number of carbonyl (C=O) groups is 1. The molecule has 0 saturated heterocycles. The number of amides is 1. The lowest BCUT2D eigenvalue weighted by Crippen LogP contribution is -2.30. The van der Waals surface area contributed by atoms with Crippen molar-refractivity contribution in [2.24, 2.45) is 0 Å². The van der Waals surface area contributed by atoms with E-state index in [1.54, 1.807) is 16.1 Å². The molecule has 2 aromatic heterocycles. The number of rotatable bonds is 4. The van der Waals surface area contributed by atoms with Crippen LogP contribution < -0.4 is 10.9 Å². The number of hydrogen-bond donors (Lipinski definition) is 1. The Morgan fingerprint density at radius 3 is 3.05 bits per heavy atom. The van der Waals surface area contributed by atoms with Gasteiger partial charge in [0, 0.05) is 35.0 Å². The quantitative estimate of drug-likeness (QED) is 0.867. The van der Waals surface area contributed by atoms with Gasteiger partial charge >= 0.3 is 0 Å². The second-order valence-electron chi connectivity index (χ2n) is 5.04. The Bertz CT molecular complexity index is 755. The molecule has 0 bridgehead atoms. The Kier molecular flexibility index (Phi) is 4.30. The van der Waals surface area contributed by atoms with E-state index in [0.29, 0.717) is 22.5 Å². The zero-order valence-corrected chi connectivity index (χ0v) is 14.0. The molecule has 0 saturated carbocycles. The summed E-state index contributed by atoms with van der Waals surface area (Å²) in [4.78, 5) is 33.2. The molecule has 2 aromatic rings. The van der Waals surface area contributed by atoms with Crippen LogP contribution in [0.15, 0.2) is 21.5 Å². The molecular formula is C14H16N4O2S2. The first-order valence-electron chi connectivity index (χ1n) is 7.04. The maximum absolute atomic E-state index is 12.6. The SMILES string of the molecule is CCc1c(C)nc2n(c1=O)C(CC(=O)Nc1nccs1)CS2. The molecule has 1 aliphatic rings. The van der Waals surface area contributed by atoms with Crippen molar-refractivity contribution in [1.82, 2.24) is 14.5 Å². The number of thioether (sulfide) groups is 1. The minimum absolute atomic E-state index is 0.0120. The molecule has 0 aromatic carbocycles. The van der Waals surface area contributed by atoms with E-state index in [-0.39, 0.29) is 23.9 Å². The summed E-state index contributed by atoms with van der Waals surface area (Å²) in [5.41, 5.74) is 1.51. The zero-order valence-electron chi connectivity index (χ0n) is 12.3. The highest BCUT2D eigenvalue weighted by molar-refractivity contribution is 7.99. The van der Waals surface area contributed by atoms with Crippen LogP contribution in [-0.4, -0.2) is 26.2 Å². The van der Waals surface area contributed by atoms with Crippen LogP contribution in [0.5, 0.6) is 0 Å². The highest BCUT2D eigenvalue weighted by Gasteiger charge is 2.29. The Morgan fingerprint density at radius 1 is 1.55 bits per heavy atom. The minimum atomic E-state index is -0.147. The van der Waals surface area contributed by atoms with Crippen molar-refractivity contribution >= 4 is 34.1 Å². The maximum atomic E-state index is 12.6. The summed E-state index contributed by atoms with van der Waals surface area (Å²) in [6.07, 6.45) is 2.56. The average Bonchev–Trinajstić information content (AvgIpc) is 3.09. The van der Waals surface area contributed by atoms with Crippen molar-refractivity contribution in [2.75, 3.05) is 11.1 Å². The Morgan fingerprint density at radius 2 is 2.36 bits per heavy atom. The average molecular weight is 336 g/mol. The number of thiazole rings is 1. The van der Waals surface area contributed by atoms with Crippen molar-refractivity contribution < 1.29 is 4.79 Å². The highest BCUT2D eigenvalue weighted by Crippen LogP contribution is 2.32. The summed E-state index contributed by atoms with van der Waals surface area (Å²) in [6, 6.07) is -0.147. The monoisotopic (exact) mass is 336 g/mol. The van der Waals surface area contributed by atoms with Gasteiger partial charge < -0.3 is 5.32 Å². The summed E-state index contributed by atoms with van der Waals surface area (Å²) in [6.45, 7) is 3.81. The first-order valence-corrected chi connectivity index (χ1v) is 8.90. The predicted molar refractivity (Wildman–Crippen MR) is 87.7 cm³/mol. The van der Waals surface area contributed by atoms with E-state index in [1.807, 2.05) is 13.8 Å². The molecule has 3 heterocycles. The van der Waals surface area contributed by atoms with Crippen LogP contribution >= 0.6 is 23.1 Å². The van der Waals surface area contributed by atoms with Crippen molar-refractivity contribution in [3.05, 3.63) is 33.2 Å². The summed E-state index contributed by atoms with van der Waals surface area (Å²) in [5, 5.41) is 5.87. The summed E-state index contributed by atoms with van der Waals surface area (Å²) < 4.78 is 1.68. The van der Waals surface area contributed by atoms with Gasteiger partial charge in [0.25, 0.3) is 5.56 Å². The van der Waals surface area contributed by atoms with Crippen LogP contribution in [0.1, 0.15) is 30.6 Å². The maximum Gasteiger partial charge on any atom is 0.257 e. The van der Waals surface area contributed by atoms with Gasteiger partial charge in [-0.2, -0.15) is 0 Å². The van der Waals surface area contributed by atoms with Crippen LogP contribution in [0.25, 0.3) is 0 Å². The van der Waals surface area contributed by atoms with Gasteiger partial charge in [-0.05, 0) is 13.3 Å². The largest absolute Gasteiger partial charge is 0.302 e. The van der Waals surface area contributed by atoms with Crippen molar-refractivity contribution in [2.45, 2.75) is 37.9 Å². The molecule has 3 rings (SSSR count). The Hall–Kier alpha value is -1.67. The van der Waals surface area contributed by atoms with Crippen LogP contribution in [-0.2, 0) is 11.2 Å². The number of fused-ring (bicyclic) bond motifs is 1. The molecule has 1 N–H and O–H groups in total. The van der Waals surface area contributed by atoms with Gasteiger partial charge in [0.2, 0.25) is 5.91 Å². The van der Waals surface area contributed by atoms with Crippen LogP contribution in [0, 0.1) is 6.92 Å². The first-order chi connectivity index (χ1) is 10.6. The standard InChI is InChI=1S/C14H16N4O2S2/c1-3-10-8(2)16-14-18(12(10)20)9(7-22-14)6-11(19)17-13-15-4-5-21-13/h4-5,9H,3,6-7H2,1-2H3,(H,15,17,19). The third-order valence-electron chi connectivity index (χ3n) is 3.61. The number of nitrogens with one attached hydrogen (secondary N) is 1. The van der Waals surface area contributed by atoms with Crippen LogP contribution in [0.2, 0.25) is 0 Å². The Labute approximate surface area is 136 Å². The van der Waals surface area contributed by atoms with E-state index in [0.717, 1.165) is 11.3 Å². The second-order valence-corrected chi connectivity index (χ2v) is 6.92. The van der Waals surface area contributed by atoms with Gasteiger partial charge in [-0.15, -0.1) is 11.3 Å². The minimum Gasteiger partial charge on any atom is -0.302 e. The lowest BCUT2D eigenvalue weighted by Gasteiger charge is -2.14. The highest BCUT2D eigenvalue weighted by atomic mass is 32.2. The van der Waals surface area contributed by atoms with Crippen LogP contribution in [0.3, 0.4) is 0 Å². The fourth-order valence-corrected chi connectivity index (χ4v) is 4.27. The fourth-order valence-electron chi connectivity index (χ4n) is 2.55. The number of aryl methyl sites for hydroxylation is 1. The Balaban J connectivity index is 1.82. The van der Waals surface area contributed by atoms with Gasteiger partial charge in [0.05, 0.1) is 6.04 Å². The zero-order chi connectivity index (χ0) is 15.7. The predicted octanol–water partition coefficient (Wildman–Crippen LogP) is 2.25. The first kappa shape index (κ1) is 15.2. The van der Waals surface area contributed by atoms with Gasteiger partial charge in [0.15, 0.2) is 10.3 Å². The second kappa shape index (κ2) is 6.21. The molecule has 1 atom stereocenters. The number of nitrogens with zero attached hydrogens (tertiary/aromatic N) is 3. The summed E-state index contributed by atoms with van der Waals surface area (Å²) in [5.74, 6) is 0.569. The molecule has 6 nitrogen and oxygen atoms in total. The molecule has 0 spiro atoms. The van der Waals surface area contributed by atoms with E-state index in [9.17, 15) is 9.59 Å². The number of hydrogen-bond acceptors (Lipinski definition) is 6. The molecule has 22 heavy (non-hydrogen) atoms. The third kappa shape index (κ3) is 2.80. The molecule has 0 fully saturated rings. The molecule has 1 unspecified atom stereocenters. The molecular weight excluding hydrogens is 320 g/mol. The topological polar surface area (TPSA) is 76.9 Å². The molecule has 0 aliphatic carbocycles. The van der Waals surface area contributed by atoms with Gasteiger partial charge in [-0.3, -0.25) is 14.2 Å². The lowest BCUT2D eigenvalue weighted by molar-refractivity contribution is -0.116. The molecule has 1 aliphatic heterocycles. The van der Waals surface area contributed by atoms with E-state index in [2.05, 4.69) is 15.3 Å². The smallest absolute Gasteiger partial charge is 0.257 e. The summed E-state index contributed by atoms with van der Waals surface area (Å²) >= 11 is 2.91. The molecule has 0 radical (unpaired) electrons. The van der Waals surface area contributed by atoms with Crippen molar-refractivity contribution in [3.8, 4) is 0 Å². The third-order valence-corrected chi connectivity index (χ3v) is 5.39. The van der Waals surface area contributed by atoms with E-state index < -0.39 is 0 Å². The van der Waals surface area contributed by atoms with Gasteiger partial charge in [0.1, 0.15) is 0 Å². The normalized spacial score (nSPS) is 16.5. The molecule has 8 heteroatoms. The van der Waals surface area contributed by atoms with Crippen molar-refractivity contribution in [3.63, 3.8) is 0 Å². The van der Waals surface area contributed by atoms with Gasteiger partial charge in [-0.25, -0.2) is 9.97 Å². The number of carbonyl (C=O) groups excluding carboxylic acids is 1. The van der Waals surface area contributed by atoms with Crippen LogP contribution in [0.4, 0.5) is 5.13 Å². The molecule has 1 amide bonds. The lowest BCUT2D eigenvalue weighted by atomic mass is 10.1. The number of anilines is 1.